The van der Waals surface area contributed by atoms with Gasteiger partial charge in [-0.2, -0.15) is 5.06 Å². The van der Waals surface area contributed by atoms with E-state index in [4.69, 9.17) is 9.26 Å². The summed E-state index contributed by atoms with van der Waals surface area (Å²) in [7, 11) is -2.58. The van der Waals surface area contributed by atoms with E-state index in [2.05, 4.69) is 117 Å². The average molecular weight is 458 g/mol. The molecule has 0 aromatic heterocycles. The molecule has 3 atom stereocenters. The molecule has 1 aliphatic heterocycles. The number of nitrogens with zero attached hydrogens (tertiary/aromatic N) is 1. The fourth-order valence-corrected chi connectivity index (χ4v) is 10.6. The number of fused-ring (bicyclic) bond motifs is 1. The lowest BCUT2D eigenvalue weighted by molar-refractivity contribution is -0.155. The number of hydroxylamine groups is 2. The van der Waals surface area contributed by atoms with Gasteiger partial charge in [-0.3, -0.25) is 4.84 Å². The molecule has 3 nitrogen and oxygen atoms in total. The van der Waals surface area contributed by atoms with E-state index in [0.717, 1.165) is 19.6 Å². The quantitative estimate of drug-likeness (QED) is 0.478. The SMILES string of the molecule is CC(C)(C)[Si](O[C@H]1CC[C@@H]2CON(Cc3ccccc3)[C@@H]21)(c1ccccc1)c1ccccc1. The molecule has 1 aliphatic carbocycles. The Morgan fingerprint density at radius 1 is 0.818 bits per heavy atom. The zero-order chi connectivity index (χ0) is 22.9. The smallest absolute Gasteiger partial charge is 0.261 e. The molecule has 5 rings (SSSR count). The first-order valence-corrected chi connectivity index (χ1v) is 14.1. The van der Waals surface area contributed by atoms with E-state index in [0.29, 0.717) is 12.0 Å². The molecule has 172 valence electrons. The van der Waals surface area contributed by atoms with Crippen molar-refractivity contribution < 1.29 is 9.26 Å². The van der Waals surface area contributed by atoms with E-state index in [9.17, 15) is 0 Å². The van der Waals surface area contributed by atoms with Gasteiger partial charge >= 0.3 is 0 Å². The summed E-state index contributed by atoms with van der Waals surface area (Å²) in [6.45, 7) is 8.69. The van der Waals surface area contributed by atoms with Gasteiger partial charge < -0.3 is 4.43 Å². The molecule has 1 heterocycles. The second-order valence-electron chi connectivity index (χ2n) is 10.5. The van der Waals surface area contributed by atoms with Crippen LogP contribution in [0.5, 0.6) is 0 Å². The van der Waals surface area contributed by atoms with Crippen LogP contribution in [0.1, 0.15) is 39.2 Å². The van der Waals surface area contributed by atoms with Gasteiger partial charge in [0.15, 0.2) is 0 Å². The normalized spacial score (nSPS) is 23.5. The van der Waals surface area contributed by atoms with Gasteiger partial charge in [0.05, 0.1) is 18.8 Å². The summed E-state index contributed by atoms with van der Waals surface area (Å²) in [6, 6.07) is 32.9. The van der Waals surface area contributed by atoms with Crippen LogP contribution in [0.25, 0.3) is 0 Å². The van der Waals surface area contributed by atoms with Crippen molar-refractivity contribution in [2.24, 2.45) is 5.92 Å². The van der Waals surface area contributed by atoms with Gasteiger partial charge in [0, 0.05) is 12.5 Å². The van der Waals surface area contributed by atoms with Crippen LogP contribution in [-0.4, -0.2) is 32.1 Å². The van der Waals surface area contributed by atoms with Crippen molar-refractivity contribution in [1.82, 2.24) is 5.06 Å². The number of hydrogen-bond donors (Lipinski definition) is 0. The fraction of sp³-hybridized carbons (Fsp3) is 0.379. The third kappa shape index (κ3) is 4.21. The van der Waals surface area contributed by atoms with E-state index in [1.807, 2.05) is 0 Å². The maximum Gasteiger partial charge on any atom is 0.261 e. The van der Waals surface area contributed by atoms with Crippen molar-refractivity contribution in [2.45, 2.75) is 57.3 Å². The summed E-state index contributed by atoms with van der Waals surface area (Å²) in [5.41, 5.74) is 1.29. The first kappa shape index (κ1) is 22.5. The lowest BCUT2D eigenvalue weighted by atomic mass is 10.0. The van der Waals surface area contributed by atoms with E-state index < -0.39 is 8.32 Å². The largest absolute Gasteiger partial charge is 0.403 e. The maximum absolute atomic E-state index is 7.53. The lowest BCUT2D eigenvalue weighted by Crippen LogP contribution is -2.68. The van der Waals surface area contributed by atoms with Crippen LogP contribution in [-0.2, 0) is 15.8 Å². The molecule has 33 heavy (non-hydrogen) atoms. The Bertz CT molecular complexity index is 996. The standard InChI is InChI=1S/C29H35NO2Si/c1-29(2,3)33(25-15-9-5-10-16-25,26-17-11-6-12-18-26)32-27-20-19-24-22-31-30(28(24)27)21-23-13-7-4-8-14-23/h4-18,24,27-28H,19-22H2,1-3H3/t24-,27+,28+/m1/s1. The highest BCUT2D eigenvalue weighted by molar-refractivity contribution is 6.99. The minimum Gasteiger partial charge on any atom is -0.403 e. The molecule has 4 heteroatoms. The third-order valence-corrected chi connectivity index (χ3v) is 12.5. The highest BCUT2D eigenvalue weighted by atomic mass is 28.4. The summed E-state index contributed by atoms with van der Waals surface area (Å²) in [5, 5.41) is 4.90. The van der Waals surface area contributed by atoms with Crippen molar-refractivity contribution in [3.8, 4) is 0 Å². The molecule has 2 fully saturated rings. The van der Waals surface area contributed by atoms with Crippen LogP contribution in [0.3, 0.4) is 0 Å². The Hall–Kier alpha value is -2.24. The predicted molar refractivity (Wildman–Crippen MR) is 137 cm³/mol. The summed E-state index contributed by atoms with van der Waals surface area (Å²) < 4.78 is 7.53. The molecule has 3 aromatic rings. The zero-order valence-electron chi connectivity index (χ0n) is 20.0. The second kappa shape index (κ2) is 9.19. The minimum absolute atomic E-state index is 0.0164. The third-order valence-electron chi connectivity index (χ3n) is 7.40. The lowest BCUT2D eigenvalue weighted by Gasteiger charge is -2.46. The molecule has 0 amide bonds. The summed E-state index contributed by atoms with van der Waals surface area (Å²) in [6.07, 6.45) is 2.42. The fourth-order valence-electron chi connectivity index (χ4n) is 5.86. The topological polar surface area (TPSA) is 21.7 Å². The Morgan fingerprint density at radius 3 is 1.91 bits per heavy atom. The van der Waals surface area contributed by atoms with Gasteiger partial charge in [-0.1, -0.05) is 112 Å². The Labute approximate surface area is 199 Å². The zero-order valence-corrected chi connectivity index (χ0v) is 21.0. The Balaban J connectivity index is 1.53. The monoisotopic (exact) mass is 457 g/mol. The number of benzene rings is 3. The Morgan fingerprint density at radius 2 is 1.36 bits per heavy atom. The highest BCUT2D eigenvalue weighted by Crippen LogP contribution is 2.44. The van der Waals surface area contributed by atoms with Crippen LogP contribution in [0.2, 0.25) is 5.04 Å². The highest BCUT2D eigenvalue weighted by Gasteiger charge is 2.55. The molecule has 0 bridgehead atoms. The molecule has 2 aliphatic rings. The summed E-state index contributed by atoms with van der Waals surface area (Å²) in [4.78, 5) is 6.23. The van der Waals surface area contributed by atoms with Gasteiger partial charge in [0.25, 0.3) is 8.32 Å². The molecule has 3 aromatic carbocycles. The van der Waals surface area contributed by atoms with Crippen molar-refractivity contribution >= 4 is 18.7 Å². The average Bonchev–Trinajstić information content (AvgIpc) is 3.41. The maximum atomic E-state index is 7.53. The second-order valence-corrected chi connectivity index (χ2v) is 14.8. The molecule has 0 N–H and O–H groups in total. The van der Waals surface area contributed by atoms with Crippen LogP contribution in [0, 0.1) is 5.92 Å². The van der Waals surface area contributed by atoms with Crippen molar-refractivity contribution in [3.05, 3.63) is 96.6 Å². The predicted octanol–water partition coefficient (Wildman–Crippen LogP) is 5.16. The summed E-state index contributed by atoms with van der Waals surface area (Å²) >= 11 is 0. The van der Waals surface area contributed by atoms with Crippen molar-refractivity contribution in [1.29, 1.82) is 0 Å². The van der Waals surface area contributed by atoms with Crippen LogP contribution in [0.15, 0.2) is 91.0 Å². The molecular weight excluding hydrogens is 422 g/mol. The van der Waals surface area contributed by atoms with Crippen LogP contribution in [0.4, 0.5) is 0 Å². The van der Waals surface area contributed by atoms with E-state index >= 15 is 0 Å². The number of rotatable bonds is 6. The molecule has 0 spiro atoms. The molecule has 0 radical (unpaired) electrons. The molecular formula is C29H35NO2Si. The van der Waals surface area contributed by atoms with Crippen molar-refractivity contribution in [3.63, 3.8) is 0 Å². The van der Waals surface area contributed by atoms with Gasteiger partial charge in [0.2, 0.25) is 0 Å². The van der Waals surface area contributed by atoms with Gasteiger partial charge in [-0.05, 0) is 33.8 Å². The van der Waals surface area contributed by atoms with E-state index in [-0.39, 0.29) is 11.1 Å². The van der Waals surface area contributed by atoms with Gasteiger partial charge in [-0.25, -0.2) is 0 Å². The number of hydrogen-bond acceptors (Lipinski definition) is 3. The molecule has 1 saturated carbocycles. The Kier molecular flexibility index (Phi) is 6.28. The van der Waals surface area contributed by atoms with E-state index in [1.54, 1.807) is 0 Å². The van der Waals surface area contributed by atoms with E-state index in [1.165, 1.54) is 22.4 Å². The molecule has 1 saturated heterocycles. The van der Waals surface area contributed by atoms with Crippen molar-refractivity contribution in [2.75, 3.05) is 6.61 Å². The van der Waals surface area contributed by atoms with Gasteiger partial charge in [0.1, 0.15) is 0 Å². The minimum atomic E-state index is -2.58. The van der Waals surface area contributed by atoms with Gasteiger partial charge in [-0.15, -0.1) is 0 Å². The first-order chi connectivity index (χ1) is 16.0. The first-order valence-electron chi connectivity index (χ1n) is 12.2. The molecule has 0 unspecified atom stereocenters. The van der Waals surface area contributed by atoms with Crippen LogP contribution >= 0.6 is 0 Å². The van der Waals surface area contributed by atoms with Crippen LogP contribution < -0.4 is 10.4 Å². The summed E-state index contributed by atoms with van der Waals surface area (Å²) in [5.74, 6) is 0.539.